The van der Waals surface area contributed by atoms with Crippen LogP contribution in [0, 0.1) is 0 Å². The normalized spacial score (nSPS) is 15.6. The van der Waals surface area contributed by atoms with Crippen molar-refractivity contribution in [2.24, 2.45) is 0 Å². The molecule has 7 heteroatoms. The van der Waals surface area contributed by atoms with E-state index in [-0.39, 0.29) is 0 Å². The summed E-state index contributed by atoms with van der Waals surface area (Å²) in [4.78, 5) is 18.7. The number of nitrogens with two attached hydrogens (primary N) is 1. The van der Waals surface area contributed by atoms with Crippen LogP contribution in [0.2, 0.25) is 0 Å². The summed E-state index contributed by atoms with van der Waals surface area (Å²) in [5, 5.41) is 2.03. The third kappa shape index (κ3) is 3.17. The maximum Gasteiger partial charge on any atom is 0.180 e. The van der Waals surface area contributed by atoms with Gasteiger partial charge in [0.15, 0.2) is 11.5 Å². The summed E-state index contributed by atoms with van der Waals surface area (Å²) in [7, 11) is 0. The highest BCUT2D eigenvalue weighted by Crippen LogP contribution is 2.28. The van der Waals surface area contributed by atoms with Gasteiger partial charge in [0.25, 0.3) is 0 Å². The molecule has 0 spiro atoms. The number of hydrogen-bond acceptors (Lipinski definition) is 6. The van der Waals surface area contributed by atoms with E-state index in [4.69, 9.17) is 10.7 Å². The van der Waals surface area contributed by atoms with Crippen molar-refractivity contribution in [2.45, 2.75) is 19.9 Å². The molecule has 7 nitrogen and oxygen atoms in total. The minimum atomic E-state index is 0.540. The Morgan fingerprint density at radius 1 is 1.00 bits per heavy atom. The SMILES string of the molecule is CC(C)N1CCN(c2nccn3cc(-c4ccc5ccnc(N)c5c4)nc23)CC1. The third-order valence-electron chi connectivity index (χ3n) is 5.79. The van der Waals surface area contributed by atoms with Crippen LogP contribution in [-0.4, -0.2) is 56.5 Å². The first-order chi connectivity index (χ1) is 14.1. The summed E-state index contributed by atoms with van der Waals surface area (Å²) in [6.07, 6.45) is 7.60. The number of fused-ring (bicyclic) bond motifs is 2. The van der Waals surface area contributed by atoms with Crippen LogP contribution in [0.3, 0.4) is 0 Å². The number of piperazine rings is 1. The molecule has 0 radical (unpaired) electrons. The molecule has 2 N–H and O–H groups in total. The lowest BCUT2D eigenvalue weighted by Gasteiger charge is -2.37. The highest BCUT2D eigenvalue weighted by Gasteiger charge is 2.22. The van der Waals surface area contributed by atoms with Crippen LogP contribution in [-0.2, 0) is 0 Å². The zero-order valence-corrected chi connectivity index (χ0v) is 16.8. The van der Waals surface area contributed by atoms with Gasteiger partial charge < -0.3 is 15.0 Å². The van der Waals surface area contributed by atoms with Crippen LogP contribution in [0.1, 0.15) is 13.8 Å². The molecule has 3 aromatic heterocycles. The van der Waals surface area contributed by atoms with Gasteiger partial charge in [-0.15, -0.1) is 0 Å². The maximum absolute atomic E-state index is 6.07. The molecule has 0 unspecified atom stereocenters. The van der Waals surface area contributed by atoms with Gasteiger partial charge in [-0.3, -0.25) is 4.90 Å². The van der Waals surface area contributed by atoms with Crippen LogP contribution in [0.15, 0.2) is 49.1 Å². The summed E-state index contributed by atoms with van der Waals surface area (Å²) in [6.45, 7) is 8.52. The summed E-state index contributed by atoms with van der Waals surface area (Å²) in [6, 6.07) is 8.76. The Kier molecular flexibility index (Phi) is 4.32. The van der Waals surface area contributed by atoms with E-state index in [1.807, 2.05) is 18.5 Å². The fourth-order valence-electron chi connectivity index (χ4n) is 4.07. The summed E-state index contributed by atoms with van der Waals surface area (Å²) < 4.78 is 2.06. The highest BCUT2D eigenvalue weighted by atomic mass is 15.3. The smallest absolute Gasteiger partial charge is 0.180 e. The van der Waals surface area contributed by atoms with Crippen LogP contribution >= 0.6 is 0 Å². The lowest BCUT2D eigenvalue weighted by Crippen LogP contribution is -2.49. The molecule has 1 aliphatic rings. The summed E-state index contributed by atoms with van der Waals surface area (Å²) in [5.74, 6) is 1.49. The van der Waals surface area contributed by atoms with Gasteiger partial charge >= 0.3 is 0 Å². The van der Waals surface area contributed by atoms with Crippen LogP contribution in [0.4, 0.5) is 11.6 Å². The molecule has 0 atom stereocenters. The van der Waals surface area contributed by atoms with Gasteiger partial charge in [-0.2, -0.15) is 0 Å². The van der Waals surface area contributed by atoms with Crippen molar-refractivity contribution >= 4 is 28.1 Å². The maximum atomic E-state index is 6.07. The number of aromatic nitrogens is 4. The molecule has 0 aliphatic carbocycles. The average Bonchev–Trinajstić information content (AvgIpc) is 3.18. The van der Waals surface area contributed by atoms with Crippen molar-refractivity contribution in [1.29, 1.82) is 0 Å². The zero-order valence-electron chi connectivity index (χ0n) is 16.8. The Morgan fingerprint density at radius 3 is 2.62 bits per heavy atom. The molecule has 4 aromatic rings. The fourth-order valence-corrected chi connectivity index (χ4v) is 4.07. The van der Waals surface area contributed by atoms with Crippen molar-refractivity contribution in [3.8, 4) is 11.3 Å². The third-order valence-corrected chi connectivity index (χ3v) is 5.79. The largest absolute Gasteiger partial charge is 0.383 e. The van der Waals surface area contributed by atoms with Crippen molar-refractivity contribution in [2.75, 3.05) is 36.8 Å². The van der Waals surface area contributed by atoms with E-state index in [1.165, 1.54) is 0 Å². The molecular formula is C22H25N7. The summed E-state index contributed by atoms with van der Waals surface area (Å²) >= 11 is 0. The molecular weight excluding hydrogens is 362 g/mol. The first-order valence-corrected chi connectivity index (χ1v) is 10.1. The van der Waals surface area contributed by atoms with Gasteiger partial charge in [-0.05, 0) is 31.4 Å². The van der Waals surface area contributed by atoms with Crippen LogP contribution in [0.5, 0.6) is 0 Å². The van der Waals surface area contributed by atoms with E-state index in [0.29, 0.717) is 11.9 Å². The minimum absolute atomic E-state index is 0.540. The zero-order chi connectivity index (χ0) is 20.0. The van der Waals surface area contributed by atoms with E-state index in [9.17, 15) is 0 Å². The number of anilines is 2. The van der Waals surface area contributed by atoms with Crippen molar-refractivity contribution in [3.63, 3.8) is 0 Å². The van der Waals surface area contributed by atoms with Crippen molar-refractivity contribution in [1.82, 2.24) is 24.3 Å². The Labute approximate surface area is 169 Å². The topological polar surface area (TPSA) is 75.6 Å². The number of imidazole rings is 1. The number of pyridine rings is 1. The number of benzene rings is 1. The second-order valence-corrected chi connectivity index (χ2v) is 7.86. The molecule has 0 saturated carbocycles. The lowest BCUT2D eigenvalue weighted by molar-refractivity contribution is 0.209. The van der Waals surface area contributed by atoms with Crippen molar-refractivity contribution < 1.29 is 0 Å². The summed E-state index contributed by atoms with van der Waals surface area (Å²) in [5.41, 5.74) is 8.90. The molecule has 0 amide bonds. The number of nitrogen functional groups attached to an aromatic ring is 1. The standard InChI is InChI=1S/C22H25N7/c1-15(2)27-9-11-28(12-10-27)21-22-26-19(14-29(22)8-7-25-21)17-4-3-16-5-6-24-20(23)18(16)13-17/h3-8,13-15H,9-12H2,1-2H3,(H2,23,24). The lowest BCUT2D eigenvalue weighted by atomic mass is 10.1. The van der Waals surface area contributed by atoms with E-state index >= 15 is 0 Å². The predicted molar refractivity (Wildman–Crippen MR) is 117 cm³/mol. The second-order valence-electron chi connectivity index (χ2n) is 7.86. The highest BCUT2D eigenvalue weighted by molar-refractivity contribution is 5.94. The van der Waals surface area contributed by atoms with Gasteiger partial charge in [0.1, 0.15) is 5.82 Å². The van der Waals surface area contributed by atoms with Crippen LogP contribution in [0.25, 0.3) is 27.7 Å². The molecule has 1 aromatic carbocycles. The second kappa shape index (κ2) is 7.00. The molecule has 0 bridgehead atoms. The molecule has 1 aliphatic heterocycles. The van der Waals surface area contributed by atoms with E-state index in [0.717, 1.165) is 59.7 Å². The van der Waals surface area contributed by atoms with Gasteiger partial charge in [0.2, 0.25) is 0 Å². The molecule has 4 heterocycles. The Hall–Kier alpha value is -3.19. The monoisotopic (exact) mass is 387 g/mol. The Bertz CT molecular complexity index is 1170. The first-order valence-electron chi connectivity index (χ1n) is 10.1. The van der Waals surface area contributed by atoms with Crippen LogP contribution < -0.4 is 10.6 Å². The fraction of sp³-hybridized carbons (Fsp3) is 0.318. The number of hydrogen-bond donors (Lipinski definition) is 1. The first kappa shape index (κ1) is 17.9. The Morgan fingerprint density at radius 2 is 1.83 bits per heavy atom. The molecule has 1 fully saturated rings. The average molecular weight is 387 g/mol. The van der Waals surface area contributed by atoms with Gasteiger partial charge in [0.05, 0.1) is 5.69 Å². The molecule has 148 valence electrons. The van der Waals surface area contributed by atoms with E-state index in [2.05, 4.69) is 62.4 Å². The van der Waals surface area contributed by atoms with E-state index in [1.54, 1.807) is 6.20 Å². The van der Waals surface area contributed by atoms with Gasteiger partial charge in [-0.1, -0.05) is 12.1 Å². The van der Waals surface area contributed by atoms with Crippen molar-refractivity contribution in [3.05, 3.63) is 49.1 Å². The number of rotatable bonds is 3. The number of nitrogens with zero attached hydrogens (tertiary/aromatic N) is 6. The van der Waals surface area contributed by atoms with Gasteiger partial charge in [0, 0.05) is 68.0 Å². The molecule has 1 saturated heterocycles. The van der Waals surface area contributed by atoms with Gasteiger partial charge in [-0.25, -0.2) is 15.0 Å². The molecule has 29 heavy (non-hydrogen) atoms. The molecule has 5 rings (SSSR count). The predicted octanol–water partition coefficient (Wildman–Crippen LogP) is 3.06. The Balaban J connectivity index is 1.52. The van der Waals surface area contributed by atoms with E-state index < -0.39 is 0 Å². The minimum Gasteiger partial charge on any atom is -0.383 e. The quantitative estimate of drug-likeness (QED) is 0.582.